The van der Waals surface area contributed by atoms with Gasteiger partial charge in [-0.25, -0.2) is 9.67 Å². The van der Waals surface area contributed by atoms with E-state index in [1.165, 1.54) is 0 Å². The Morgan fingerprint density at radius 3 is 2.33 bits per heavy atom. The predicted molar refractivity (Wildman–Crippen MR) is 82.1 cm³/mol. The van der Waals surface area contributed by atoms with E-state index in [0.717, 1.165) is 11.3 Å². The van der Waals surface area contributed by atoms with Gasteiger partial charge in [0, 0.05) is 6.20 Å². The monoisotopic (exact) mass is 305 g/mol. The molecule has 1 aliphatic rings. The minimum atomic E-state index is -0.462. The van der Waals surface area contributed by atoms with Crippen molar-refractivity contribution in [1.29, 1.82) is 0 Å². The third-order valence-corrected chi connectivity index (χ3v) is 4.30. The number of pyridine rings is 1. The third-order valence-electron chi connectivity index (χ3n) is 4.08. The van der Waals surface area contributed by atoms with Crippen LogP contribution < -0.4 is 5.59 Å². The zero-order valence-electron chi connectivity index (χ0n) is 12.5. The molecule has 7 heteroatoms. The molecule has 3 heterocycles. The second kappa shape index (κ2) is 4.83. The summed E-state index contributed by atoms with van der Waals surface area (Å²) in [5.74, 6) is 0. The molecule has 1 aliphatic heterocycles. The lowest BCUT2D eigenvalue weighted by atomic mass is 9.85. The van der Waals surface area contributed by atoms with Gasteiger partial charge in [0.2, 0.25) is 0 Å². The van der Waals surface area contributed by atoms with E-state index in [0.29, 0.717) is 5.15 Å². The Balaban J connectivity index is 1.85. The summed E-state index contributed by atoms with van der Waals surface area (Å²) in [5, 5.41) is 4.96. The van der Waals surface area contributed by atoms with Crippen LogP contribution in [0, 0.1) is 0 Å². The maximum Gasteiger partial charge on any atom is 0.516 e. The lowest BCUT2D eigenvalue weighted by Gasteiger charge is -2.32. The first-order valence-corrected chi connectivity index (χ1v) is 7.19. The molecule has 0 spiro atoms. The third kappa shape index (κ3) is 2.59. The SMILES string of the molecule is CC1(C)OB(c2ccn(-c3ccc(Cl)nc3)n2)OC1(C)C. The lowest BCUT2D eigenvalue weighted by molar-refractivity contribution is 0.00578. The summed E-state index contributed by atoms with van der Waals surface area (Å²) < 4.78 is 13.7. The van der Waals surface area contributed by atoms with Crippen molar-refractivity contribution in [3.8, 4) is 5.69 Å². The first-order valence-electron chi connectivity index (χ1n) is 6.82. The molecule has 110 valence electrons. The molecule has 0 radical (unpaired) electrons. The maximum absolute atomic E-state index is 5.98. The summed E-state index contributed by atoms with van der Waals surface area (Å²) in [5.41, 5.74) is 0.831. The molecule has 2 aromatic rings. The Labute approximate surface area is 129 Å². The molecular formula is C14H17BClN3O2. The van der Waals surface area contributed by atoms with Crippen molar-refractivity contribution in [2.45, 2.75) is 38.9 Å². The second-order valence-electron chi connectivity index (χ2n) is 6.11. The molecule has 1 saturated heterocycles. The van der Waals surface area contributed by atoms with Crippen molar-refractivity contribution in [2.24, 2.45) is 0 Å². The van der Waals surface area contributed by atoms with E-state index in [9.17, 15) is 0 Å². The van der Waals surface area contributed by atoms with E-state index in [2.05, 4.69) is 10.1 Å². The van der Waals surface area contributed by atoms with Crippen LogP contribution in [0.1, 0.15) is 27.7 Å². The highest BCUT2D eigenvalue weighted by molar-refractivity contribution is 6.61. The smallest absolute Gasteiger partial charge is 0.398 e. The van der Waals surface area contributed by atoms with Gasteiger partial charge in [-0.05, 0) is 45.9 Å². The fourth-order valence-electron chi connectivity index (χ4n) is 2.07. The van der Waals surface area contributed by atoms with Crippen LogP contribution in [-0.4, -0.2) is 33.1 Å². The second-order valence-corrected chi connectivity index (χ2v) is 6.50. The average Bonchev–Trinajstić information content (AvgIpc) is 2.94. The molecule has 0 unspecified atom stereocenters. The highest BCUT2D eigenvalue weighted by atomic mass is 35.5. The number of rotatable bonds is 2. The first-order chi connectivity index (χ1) is 9.78. The molecular weight excluding hydrogens is 288 g/mol. The van der Waals surface area contributed by atoms with Crippen LogP contribution in [0.15, 0.2) is 30.6 Å². The van der Waals surface area contributed by atoms with Crippen molar-refractivity contribution in [1.82, 2.24) is 14.8 Å². The predicted octanol–water partition coefficient (Wildman–Crippen LogP) is 2.22. The Kier molecular flexibility index (Phi) is 3.35. The molecule has 0 aromatic carbocycles. The zero-order valence-corrected chi connectivity index (χ0v) is 13.3. The molecule has 5 nitrogen and oxygen atoms in total. The molecule has 21 heavy (non-hydrogen) atoms. The van der Waals surface area contributed by atoms with Crippen LogP contribution in [0.3, 0.4) is 0 Å². The summed E-state index contributed by atoms with van der Waals surface area (Å²) in [6.07, 6.45) is 3.52. The van der Waals surface area contributed by atoms with Crippen molar-refractivity contribution >= 4 is 24.3 Å². The maximum atomic E-state index is 5.98. The van der Waals surface area contributed by atoms with Crippen LogP contribution in [0.4, 0.5) is 0 Å². The van der Waals surface area contributed by atoms with Gasteiger partial charge in [-0.15, -0.1) is 0 Å². The topological polar surface area (TPSA) is 49.2 Å². The Morgan fingerprint density at radius 2 is 1.76 bits per heavy atom. The largest absolute Gasteiger partial charge is 0.516 e. The number of hydrogen-bond acceptors (Lipinski definition) is 4. The number of aromatic nitrogens is 3. The van der Waals surface area contributed by atoms with E-state index in [1.807, 2.05) is 46.0 Å². The fourth-order valence-corrected chi connectivity index (χ4v) is 2.19. The fraction of sp³-hybridized carbons (Fsp3) is 0.429. The number of hydrogen-bond donors (Lipinski definition) is 0. The molecule has 1 fully saturated rings. The summed E-state index contributed by atoms with van der Waals surface area (Å²) in [6.45, 7) is 8.08. The van der Waals surface area contributed by atoms with Gasteiger partial charge in [0.1, 0.15) is 5.15 Å². The lowest BCUT2D eigenvalue weighted by Crippen LogP contribution is -2.41. The Hall–Kier alpha value is -1.37. The van der Waals surface area contributed by atoms with Gasteiger partial charge in [-0.3, -0.25) is 0 Å². The quantitative estimate of drug-likeness (QED) is 0.630. The highest BCUT2D eigenvalue weighted by Gasteiger charge is 2.52. The zero-order chi connectivity index (χ0) is 15.3. The van der Waals surface area contributed by atoms with Crippen molar-refractivity contribution < 1.29 is 9.31 Å². The van der Waals surface area contributed by atoms with Crippen molar-refractivity contribution in [3.05, 3.63) is 35.7 Å². The molecule has 0 aliphatic carbocycles. The molecule has 2 aromatic heterocycles. The van der Waals surface area contributed by atoms with Crippen LogP contribution >= 0.6 is 11.6 Å². The van der Waals surface area contributed by atoms with Gasteiger partial charge in [0.05, 0.1) is 28.7 Å². The van der Waals surface area contributed by atoms with Gasteiger partial charge < -0.3 is 9.31 Å². The first kappa shape index (κ1) is 14.6. The summed E-state index contributed by atoms with van der Waals surface area (Å²) >= 11 is 5.79. The normalized spacial score (nSPS) is 20.0. The van der Waals surface area contributed by atoms with Crippen molar-refractivity contribution in [2.75, 3.05) is 0 Å². The van der Waals surface area contributed by atoms with E-state index in [1.54, 1.807) is 16.9 Å². The van der Waals surface area contributed by atoms with E-state index < -0.39 is 7.12 Å². The molecule has 0 saturated carbocycles. The van der Waals surface area contributed by atoms with E-state index in [4.69, 9.17) is 20.9 Å². The molecule has 0 atom stereocenters. The molecule has 0 N–H and O–H groups in total. The van der Waals surface area contributed by atoms with Gasteiger partial charge in [-0.1, -0.05) is 11.6 Å². The number of nitrogens with zero attached hydrogens (tertiary/aromatic N) is 3. The van der Waals surface area contributed by atoms with Gasteiger partial charge in [-0.2, -0.15) is 5.10 Å². The van der Waals surface area contributed by atoms with Crippen molar-refractivity contribution in [3.63, 3.8) is 0 Å². The number of halogens is 1. The van der Waals surface area contributed by atoms with Gasteiger partial charge in [0.25, 0.3) is 0 Å². The van der Waals surface area contributed by atoms with E-state index >= 15 is 0 Å². The van der Waals surface area contributed by atoms with Crippen LogP contribution in [0.2, 0.25) is 5.15 Å². The van der Waals surface area contributed by atoms with E-state index in [-0.39, 0.29) is 11.2 Å². The summed E-state index contributed by atoms with van der Waals surface area (Å²) in [7, 11) is -0.462. The Bertz CT molecular complexity index is 638. The highest BCUT2D eigenvalue weighted by Crippen LogP contribution is 2.36. The van der Waals surface area contributed by atoms with Crippen LogP contribution in [0.5, 0.6) is 0 Å². The van der Waals surface area contributed by atoms with Gasteiger partial charge in [0.15, 0.2) is 0 Å². The minimum absolute atomic E-state index is 0.372. The van der Waals surface area contributed by atoms with Crippen LogP contribution in [0.25, 0.3) is 5.69 Å². The molecule has 3 rings (SSSR count). The summed E-state index contributed by atoms with van der Waals surface area (Å²) in [4.78, 5) is 4.05. The Morgan fingerprint density at radius 1 is 1.10 bits per heavy atom. The van der Waals surface area contributed by atoms with Gasteiger partial charge >= 0.3 is 7.12 Å². The van der Waals surface area contributed by atoms with Crippen LogP contribution in [-0.2, 0) is 9.31 Å². The minimum Gasteiger partial charge on any atom is -0.398 e. The average molecular weight is 306 g/mol. The molecule has 0 bridgehead atoms. The molecule has 0 amide bonds. The standard InChI is InChI=1S/C14H17BClN3O2/c1-13(2)14(3,4)21-15(20-13)11-7-8-19(18-11)10-5-6-12(16)17-9-10/h5-9H,1-4H3. The summed E-state index contributed by atoms with van der Waals surface area (Å²) in [6, 6.07) is 5.47.